The average Bonchev–Trinajstić information content (AvgIpc) is 2.43. The fourth-order valence-corrected chi connectivity index (χ4v) is 2.73. The van der Waals surface area contributed by atoms with E-state index in [9.17, 15) is 9.90 Å². The third-order valence-electron chi connectivity index (χ3n) is 3.12. The normalized spacial score (nSPS) is 12.0. The lowest BCUT2D eigenvalue weighted by Gasteiger charge is -2.27. The number of amides is 1. The van der Waals surface area contributed by atoms with E-state index in [-0.39, 0.29) is 17.7 Å². The van der Waals surface area contributed by atoms with Crippen molar-refractivity contribution in [3.63, 3.8) is 0 Å². The van der Waals surface area contributed by atoms with Crippen LogP contribution in [0.25, 0.3) is 0 Å². The third kappa shape index (κ3) is 3.80. The van der Waals surface area contributed by atoms with E-state index in [2.05, 4.69) is 6.92 Å². The largest absolute Gasteiger partial charge is 0.504 e. The molecule has 0 aliphatic carbocycles. The summed E-state index contributed by atoms with van der Waals surface area (Å²) in [6.07, 6.45) is 2.94. The molecule has 1 aromatic rings. The molecule has 0 aliphatic rings. The number of benzene rings is 1. The molecule has 5 heteroatoms. The molecule has 1 unspecified atom stereocenters. The van der Waals surface area contributed by atoms with E-state index in [0.29, 0.717) is 11.3 Å². The fraction of sp³-hybridized carbons (Fsp3) is 0.500. The van der Waals surface area contributed by atoms with E-state index >= 15 is 0 Å². The first kappa shape index (κ1) is 15.7. The predicted molar refractivity (Wildman–Crippen MR) is 79.2 cm³/mol. The van der Waals surface area contributed by atoms with Crippen LogP contribution in [0.4, 0.5) is 0 Å². The van der Waals surface area contributed by atoms with Gasteiger partial charge in [-0.25, -0.2) is 0 Å². The Labute approximate surface area is 118 Å². The van der Waals surface area contributed by atoms with Gasteiger partial charge in [0.2, 0.25) is 0 Å². The smallest absolute Gasteiger partial charge is 0.254 e. The summed E-state index contributed by atoms with van der Waals surface area (Å²) in [5.74, 6) is 1.18. The Balaban J connectivity index is 2.90. The lowest BCUT2D eigenvalue weighted by Crippen LogP contribution is -2.38. The van der Waals surface area contributed by atoms with Gasteiger partial charge in [0.15, 0.2) is 11.5 Å². The van der Waals surface area contributed by atoms with E-state index in [1.54, 1.807) is 35.8 Å². The number of ether oxygens (including phenoxy) is 1. The quantitative estimate of drug-likeness (QED) is 0.872. The summed E-state index contributed by atoms with van der Waals surface area (Å²) in [5, 5.41) is 9.72. The minimum atomic E-state index is -0.0844. The molecule has 19 heavy (non-hydrogen) atoms. The van der Waals surface area contributed by atoms with Crippen molar-refractivity contribution >= 4 is 17.7 Å². The van der Waals surface area contributed by atoms with Gasteiger partial charge in [0.05, 0.1) is 7.11 Å². The van der Waals surface area contributed by atoms with E-state index < -0.39 is 0 Å². The first-order valence-corrected chi connectivity index (χ1v) is 7.57. The van der Waals surface area contributed by atoms with E-state index in [4.69, 9.17) is 4.74 Å². The van der Waals surface area contributed by atoms with Crippen LogP contribution in [0.5, 0.6) is 11.5 Å². The van der Waals surface area contributed by atoms with Crippen molar-refractivity contribution in [2.45, 2.75) is 19.4 Å². The van der Waals surface area contributed by atoms with Crippen LogP contribution in [-0.4, -0.2) is 48.1 Å². The van der Waals surface area contributed by atoms with Crippen LogP contribution in [0.1, 0.15) is 23.7 Å². The van der Waals surface area contributed by atoms with E-state index in [1.165, 1.54) is 13.2 Å². The van der Waals surface area contributed by atoms with Crippen LogP contribution in [-0.2, 0) is 0 Å². The van der Waals surface area contributed by atoms with Crippen LogP contribution < -0.4 is 4.74 Å². The summed E-state index contributed by atoms with van der Waals surface area (Å²) in [6.45, 7) is 2.07. The molecule has 0 bridgehead atoms. The number of thioether (sulfide) groups is 1. The number of hydrogen-bond donors (Lipinski definition) is 1. The number of nitrogens with zero attached hydrogens (tertiary/aromatic N) is 1. The van der Waals surface area contributed by atoms with Gasteiger partial charge in [-0.15, -0.1) is 0 Å². The average molecular weight is 283 g/mol. The van der Waals surface area contributed by atoms with E-state index in [0.717, 1.165) is 12.2 Å². The van der Waals surface area contributed by atoms with Gasteiger partial charge in [-0.1, -0.05) is 6.92 Å². The van der Waals surface area contributed by atoms with Gasteiger partial charge in [-0.3, -0.25) is 4.79 Å². The highest BCUT2D eigenvalue weighted by molar-refractivity contribution is 7.98. The van der Waals surface area contributed by atoms with Gasteiger partial charge < -0.3 is 14.7 Å². The molecule has 0 spiro atoms. The maximum Gasteiger partial charge on any atom is 0.254 e. The minimum absolute atomic E-state index is 0.0142. The lowest BCUT2D eigenvalue weighted by atomic mass is 10.1. The standard InChI is InChI=1S/C14H21NO3S/c1-5-11(9-19-4)15(2)14(17)10-6-7-13(18-3)12(16)8-10/h6-8,11,16H,5,9H2,1-4H3. The van der Waals surface area contributed by atoms with Gasteiger partial charge in [-0.05, 0) is 30.9 Å². The Bertz CT molecular complexity index is 437. The zero-order valence-corrected chi connectivity index (χ0v) is 12.7. The van der Waals surface area contributed by atoms with E-state index in [1.807, 2.05) is 6.26 Å². The van der Waals surface area contributed by atoms with Gasteiger partial charge in [0.25, 0.3) is 5.91 Å². The van der Waals surface area contributed by atoms with Gasteiger partial charge >= 0.3 is 0 Å². The molecule has 1 aromatic carbocycles. The van der Waals surface area contributed by atoms with Gasteiger partial charge in [0.1, 0.15) is 0 Å². The summed E-state index contributed by atoms with van der Waals surface area (Å²) in [4.78, 5) is 14.1. The SMILES string of the molecule is CCC(CSC)N(C)C(=O)c1ccc(OC)c(O)c1. The van der Waals surface area contributed by atoms with Crippen molar-refractivity contribution in [3.8, 4) is 11.5 Å². The molecule has 0 saturated carbocycles. The number of phenols is 1. The molecule has 0 heterocycles. The number of hydrogen-bond acceptors (Lipinski definition) is 4. The number of phenolic OH excluding ortho intramolecular Hbond substituents is 1. The van der Waals surface area contributed by atoms with Crippen molar-refractivity contribution in [2.75, 3.05) is 26.2 Å². The molecule has 1 amide bonds. The second-order valence-electron chi connectivity index (χ2n) is 4.32. The summed E-state index contributed by atoms with van der Waals surface area (Å²) in [6, 6.07) is 4.92. The Morgan fingerprint density at radius 3 is 2.68 bits per heavy atom. The first-order chi connectivity index (χ1) is 9.04. The summed E-state index contributed by atoms with van der Waals surface area (Å²) in [5.41, 5.74) is 0.473. The predicted octanol–water partition coefficient (Wildman–Crippen LogP) is 2.61. The molecule has 1 atom stereocenters. The Kier molecular flexibility index (Phi) is 6.02. The molecule has 0 aliphatic heterocycles. The molecule has 0 aromatic heterocycles. The third-order valence-corrected chi connectivity index (χ3v) is 3.84. The molecule has 4 nitrogen and oxygen atoms in total. The van der Waals surface area contributed by atoms with Crippen molar-refractivity contribution in [1.29, 1.82) is 0 Å². The lowest BCUT2D eigenvalue weighted by molar-refractivity contribution is 0.0743. The molecular formula is C14H21NO3S. The van der Waals surface area contributed by atoms with Crippen LogP contribution in [0.2, 0.25) is 0 Å². The Morgan fingerprint density at radius 2 is 2.21 bits per heavy atom. The van der Waals surface area contributed by atoms with Crippen LogP contribution in [0.3, 0.4) is 0 Å². The monoisotopic (exact) mass is 283 g/mol. The number of carbonyl (C=O) groups is 1. The van der Waals surface area contributed by atoms with Crippen LogP contribution in [0.15, 0.2) is 18.2 Å². The highest BCUT2D eigenvalue weighted by atomic mass is 32.2. The first-order valence-electron chi connectivity index (χ1n) is 6.18. The minimum Gasteiger partial charge on any atom is -0.504 e. The van der Waals surface area contributed by atoms with Crippen LogP contribution >= 0.6 is 11.8 Å². The van der Waals surface area contributed by atoms with Gasteiger partial charge in [-0.2, -0.15) is 11.8 Å². The summed E-state index contributed by atoms with van der Waals surface area (Å²) < 4.78 is 4.97. The molecule has 0 radical (unpaired) electrons. The van der Waals surface area contributed by atoms with Gasteiger partial charge in [0, 0.05) is 24.4 Å². The molecule has 0 saturated heterocycles. The molecule has 1 N–H and O–H groups in total. The summed E-state index contributed by atoms with van der Waals surface area (Å²) >= 11 is 1.72. The summed E-state index contributed by atoms with van der Waals surface area (Å²) in [7, 11) is 3.28. The molecule has 106 valence electrons. The number of carbonyl (C=O) groups excluding carboxylic acids is 1. The Hall–Kier alpha value is -1.36. The highest BCUT2D eigenvalue weighted by Gasteiger charge is 2.20. The second kappa shape index (κ2) is 7.28. The van der Waals surface area contributed by atoms with Crippen molar-refractivity contribution in [2.24, 2.45) is 0 Å². The molecule has 1 rings (SSSR count). The molecular weight excluding hydrogens is 262 g/mol. The maximum absolute atomic E-state index is 12.3. The maximum atomic E-state index is 12.3. The number of methoxy groups -OCH3 is 1. The zero-order valence-electron chi connectivity index (χ0n) is 11.8. The van der Waals surface area contributed by atoms with Crippen LogP contribution in [0, 0.1) is 0 Å². The molecule has 0 fully saturated rings. The van der Waals surface area contributed by atoms with Crippen molar-refractivity contribution in [3.05, 3.63) is 23.8 Å². The fourth-order valence-electron chi connectivity index (χ4n) is 1.89. The zero-order chi connectivity index (χ0) is 14.4. The second-order valence-corrected chi connectivity index (χ2v) is 5.23. The highest BCUT2D eigenvalue weighted by Crippen LogP contribution is 2.27. The van der Waals surface area contributed by atoms with Crippen molar-refractivity contribution in [1.82, 2.24) is 4.90 Å². The van der Waals surface area contributed by atoms with Crippen molar-refractivity contribution < 1.29 is 14.6 Å². The Morgan fingerprint density at radius 1 is 1.53 bits per heavy atom. The number of aromatic hydroxyl groups is 1. The number of rotatable bonds is 6. The topological polar surface area (TPSA) is 49.8 Å².